The summed E-state index contributed by atoms with van der Waals surface area (Å²) >= 11 is 0. The molecule has 2 amide bonds. The average molecular weight is 469 g/mol. The predicted octanol–water partition coefficient (Wildman–Crippen LogP) is 5.25. The zero-order valence-corrected chi connectivity index (χ0v) is 21.1. The number of nitrogens with zero attached hydrogens (tertiary/aromatic N) is 4. The molecule has 7 nitrogen and oxygen atoms in total. The quantitative estimate of drug-likeness (QED) is 0.556. The maximum Gasteiger partial charge on any atom is 0.409 e. The number of piperidine rings is 1. The van der Waals surface area contributed by atoms with Gasteiger partial charge in [0, 0.05) is 44.6 Å². The Morgan fingerprint density at radius 1 is 1.12 bits per heavy atom. The number of rotatable bonds is 7. The van der Waals surface area contributed by atoms with Crippen LogP contribution in [0.15, 0.2) is 18.2 Å². The fourth-order valence-corrected chi connectivity index (χ4v) is 5.75. The Labute approximate surface area is 203 Å². The van der Waals surface area contributed by atoms with E-state index in [1.807, 2.05) is 6.92 Å². The SMILES string of the molecule is CCOC(=O)N1CCCC(c2nc3ccc(C)cc3n2CCC(=O)N(CC)C2CCCCC2)C1. The van der Waals surface area contributed by atoms with Gasteiger partial charge >= 0.3 is 6.09 Å². The van der Waals surface area contributed by atoms with Crippen molar-refractivity contribution < 1.29 is 14.3 Å². The summed E-state index contributed by atoms with van der Waals surface area (Å²) < 4.78 is 7.50. The Hall–Kier alpha value is -2.57. The second kappa shape index (κ2) is 11.2. The molecule has 1 saturated heterocycles. The molecule has 0 radical (unpaired) electrons. The summed E-state index contributed by atoms with van der Waals surface area (Å²) in [7, 11) is 0. The number of carbonyl (C=O) groups is 2. The smallest absolute Gasteiger partial charge is 0.409 e. The summed E-state index contributed by atoms with van der Waals surface area (Å²) in [6.45, 7) is 9.13. The Balaban J connectivity index is 1.56. The van der Waals surface area contributed by atoms with Gasteiger partial charge in [-0.2, -0.15) is 0 Å². The van der Waals surface area contributed by atoms with Crippen LogP contribution in [0.2, 0.25) is 0 Å². The molecule has 0 spiro atoms. The van der Waals surface area contributed by atoms with Gasteiger partial charge < -0.3 is 19.1 Å². The maximum atomic E-state index is 13.3. The van der Waals surface area contributed by atoms with E-state index in [1.54, 1.807) is 4.90 Å². The third-order valence-electron chi connectivity index (χ3n) is 7.47. The molecule has 1 unspecified atom stereocenters. The number of amides is 2. The van der Waals surface area contributed by atoms with Crippen LogP contribution in [-0.4, -0.2) is 63.6 Å². The molecule has 4 rings (SSSR count). The molecule has 1 aliphatic carbocycles. The first kappa shape index (κ1) is 24.6. The molecule has 2 aromatic rings. The van der Waals surface area contributed by atoms with Gasteiger partial charge in [0.05, 0.1) is 17.6 Å². The van der Waals surface area contributed by atoms with Crippen molar-refractivity contribution in [2.24, 2.45) is 0 Å². The lowest BCUT2D eigenvalue weighted by Crippen LogP contribution is -2.42. The van der Waals surface area contributed by atoms with Crippen molar-refractivity contribution in [1.29, 1.82) is 0 Å². The number of aryl methyl sites for hydroxylation is 2. The molecule has 2 fully saturated rings. The number of likely N-dealkylation sites (tertiary alicyclic amines) is 1. The summed E-state index contributed by atoms with van der Waals surface area (Å²) in [4.78, 5) is 34.6. The highest BCUT2D eigenvalue weighted by Gasteiger charge is 2.30. The van der Waals surface area contributed by atoms with E-state index in [1.165, 1.54) is 24.8 Å². The van der Waals surface area contributed by atoms with E-state index in [2.05, 4.69) is 41.5 Å². The number of imidazole rings is 1. The molecule has 34 heavy (non-hydrogen) atoms. The molecule has 1 aliphatic heterocycles. The fraction of sp³-hybridized carbons (Fsp3) is 0.667. The number of benzene rings is 1. The zero-order valence-electron chi connectivity index (χ0n) is 21.1. The predicted molar refractivity (Wildman–Crippen MR) is 134 cm³/mol. The summed E-state index contributed by atoms with van der Waals surface area (Å²) in [6, 6.07) is 6.71. The number of hydrogen-bond donors (Lipinski definition) is 0. The van der Waals surface area contributed by atoms with Gasteiger partial charge in [0.25, 0.3) is 0 Å². The molecule has 1 atom stereocenters. The minimum atomic E-state index is -0.244. The lowest BCUT2D eigenvalue weighted by atomic mass is 9.94. The highest BCUT2D eigenvalue weighted by Crippen LogP contribution is 2.31. The highest BCUT2D eigenvalue weighted by atomic mass is 16.6. The summed E-state index contributed by atoms with van der Waals surface area (Å²) in [5.74, 6) is 1.37. The Morgan fingerprint density at radius 2 is 1.91 bits per heavy atom. The van der Waals surface area contributed by atoms with E-state index in [9.17, 15) is 9.59 Å². The lowest BCUT2D eigenvalue weighted by Gasteiger charge is -2.34. The van der Waals surface area contributed by atoms with Gasteiger partial charge in [-0.05, 0) is 64.2 Å². The first-order valence-electron chi connectivity index (χ1n) is 13.2. The van der Waals surface area contributed by atoms with E-state index >= 15 is 0 Å². The molecule has 0 bridgehead atoms. The number of ether oxygens (including phenoxy) is 1. The molecular weight excluding hydrogens is 428 g/mol. The third-order valence-corrected chi connectivity index (χ3v) is 7.47. The molecule has 0 N–H and O–H groups in total. The molecule has 1 saturated carbocycles. The monoisotopic (exact) mass is 468 g/mol. The molecule has 1 aromatic heterocycles. The average Bonchev–Trinajstić information content (AvgIpc) is 3.21. The van der Waals surface area contributed by atoms with Crippen LogP contribution >= 0.6 is 0 Å². The molecular formula is C27H40N4O3. The molecule has 7 heteroatoms. The van der Waals surface area contributed by atoms with Gasteiger partial charge in [0.2, 0.25) is 5.91 Å². The van der Waals surface area contributed by atoms with E-state index < -0.39 is 0 Å². The Morgan fingerprint density at radius 3 is 2.65 bits per heavy atom. The summed E-state index contributed by atoms with van der Waals surface area (Å²) in [5.41, 5.74) is 3.22. The largest absolute Gasteiger partial charge is 0.450 e. The van der Waals surface area contributed by atoms with Gasteiger partial charge in [-0.25, -0.2) is 9.78 Å². The summed E-state index contributed by atoms with van der Waals surface area (Å²) in [5, 5.41) is 0. The third kappa shape index (κ3) is 5.39. The van der Waals surface area contributed by atoms with Gasteiger partial charge in [-0.15, -0.1) is 0 Å². The van der Waals surface area contributed by atoms with Crippen LogP contribution in [0.1, 0.15) is 82.5 Å². The van der Waals surface area contributed by atoms with Crippen LogP contribution in [0.5, 0.6) is 0 Å². The van der Waals surface area contributed by atoms with Crippen molar-refractivity contribution in [3.63, 3.8) is 0 Å². The second-order valence-electron chi connectivity index (χ2n) is 9.82. The minimum absolute atomic E-state index is 0.140. The van der Waals surface area contributed by atoms with Crippen LogP contribution in [0.3, 0.4) is 0 Å². The Bertz CT molecular complexity index is 995. The van der Waals surface area contributed by atoms with Crippen LogP contribution in [0.4, 0.5) is 4.79 Å². The number of carbonyl (C=O) groups excluding carboxylic acids is 2. The molecule has 186 valence electrons. The second-order valence-corrected chi connectivity index (χ2v) is 9.82. The standard InChI is InChI=1S/C27H40N4O3/c1-4-30(22-11-7-6-8-12-22)25(32)15-17-31-24-18-20(3)13-14-23(24)28-26(31)21-10-9-16-29(19-21)27(33)34-5-2/h13-14,18,21-22H,4-12,15-17,19H2,1-3H3. The van der Waals surface area contributed by atoms with E-state index in [-0.39, 0.29) is 17.9 Å². The van der Waals surface area contributed by atoms with E-state index in [0.717, 1.165) is 55.6 Å². The number of hydrogen-bond acceptors (Lipinski definition) is 4. The first-order valence-corrected chi connectivity index (χ1v) is 13.2. The van der Waals surface area contributed by atoms with Crippen molar-refractivity contribution >= 4 is 23.0 Å². The van der Waals surface area contributed by atoms with Crippen molar-refractivity contribution in [1.82, 2.24) is 19.4 Å². The number of aromatic nitrogens is 2. The summed E-state index contributed by atoms with van der Waals surface area (Å²) in [6.07, 6.45) is 8.14. The van der Waals surface area contributed by atoms with Crippen molar-refractivity contribution in [2.75, 3.05) is 26.2 Å². The topological polar surface area (TPSA) is 67.7 Å². The number of fused-ring (bicyclic) bond motifs is 1. The molecule has 1 aromatic carbocycles. The van der Waals surface area contributed by atoms with E-state index in [4.69, 9.17) is 9.72 Å². The van der Waals surface area contributed by atoms with Gasteiger partial charge in [-0.3, -0.25) is 4.79 Å². The minimum Gasteiger partial charge on any atom is -0.450 e. The molecule has 2 aliphatic rings. The maximum absolute atomic E-state index is 13.3. The van der Waals surface area contributed by atoms with Crippen molar-refractivity contribution in [3.05, 3.63) is 29.6 Å². The van der Waals surface area contributed by atoms with Gasteiger partial charge in [0.15, 0.2) is 0 Å². The van der Waals surface area contributed by atoms with Crippen LogP contribution < -0.4 is 0 Å². The highest BCUT2D eigenvalue weighted by molar-refractivity contribution is 5.79. The fourth-order valence-electron chi connectivity index (χ4n) is 5.75. The molecule has 2 heterocycles. The zero-order chi connectivity index (χ0) is 24.1. The van der Waals surface area contributed by atoms with Crippen LogP contribution in [0.25, 0.3) is 11.0 Å². The van der Waals surface area contributed by atoms with E-state index in [0.29, 0.717) is 32.2 Å². The van der Waals surface area contributed by atoms with Crippen LogP contribution in [-0.2, 0) is 16.1 Å². The van der Waals surface area contributed by atoms with Crippen molar-refractivity contribution in [2.45, 2.75) is 90.6 Å². The van der Waals surface area contributed by atoms with Gasteiger partial charge in [-0.1, -0.05) is 25.3 Å². The Kier molecular flexibility index (Phi) is 8.11. The lowest BCUT2D eigenvalue weighted by molar-refractivity contribution is -0.134. The normalized spacial score (nSPS) is 19.4. The van der Waals surface area contributed by atoms with Gasteiger partial charge in [0.1, 0.15) is 5.82 Å². The first-order chi connectivity index (χ1) is 16.5. The van der Waals surface area contributed by atoms with Crippen molar-refractivity contribution in [3.8, 4) is 0 Å². The van der Waals surface area contributed by atoms with Crippen LogP contribution in [0, 0.1) is 6.92 Å².